The van der Waals surface area contributed by atoms with Crippen molar-refractivity contribution in [1.29, 1.82) is 0 Å². The Hall–Kier alpha value is -4.16. The summed E-state index contributed by atoms with van der Waals surface area (Å²) in [6, 6.07) is 38.6. The predicted molar refractivity (Wildman–Crippen MR) is 144 cm³/mol. The van der Waals surface area contributed by atoms with Crippen molar-refractivity contribution in [2.45, 2.75) is 6.92 Å². The molecular weight excluding hydrogens is 396 g/mol. The number of aryl methyl sites for hydroxylation is 1. The summed E-state index contributed by atoms with van der Waals surface area (Å²) in [4.78, 5) is 0. The van der Waals surface area contributed by atoms with Crippen molar-refractivity contribution in [2.75, 3.05) is 0 Å². The number of hydrogen-bond acceptors (Lipinski definition) is 0. The molecule has 0 aliphatic carbocycles. The van der Waals surface area contributed by atoms with Gasteiger partial charge in [-0.2, -0.15) is 0 Å². The van der Waals surface area contributed by atoms with Gasteiger partial charge in [-0.05, 0) is 94.8 Å². The first kappa shape index (κ1) is 17.4. The molecule has 33 heavy (non-hydrogen) atoms. The Kier molecular flexibility index (Phi) is 3.16. The standard InChI is InChI=1S/C33H20/c1-19-11-13-20(14-12-19)23-16-15-22-7-4-10-26-29-17-27-24-8-2-5-21-6-3-9-25(31(21)24)28(27)18-30(29)33(23)32(22)26/h2-18H,1H3. The second kappa shape index (κ2) is 5.99. The summed E-state index contributed by atoms with van der Waals surface area (Å²) >= 11 is 0. The monoisotopic (exact) mass is 416 g/mol. The minimum Gasteiger partial charge on any atom is -0.0610 e. The zero-order valence-corrected chi connectivity index (χ0v) is 18.3. The SMILES string of the molecule is Cc1ccc(-c2ccc3cccc4c5cc6c(cc5c2c34)c2cccc3cccc6c32)cc1. The van der Waals surface area contributed by atoms with E-state index in [1.54, 1.807) is 0 Å². The summed E-state index contributed by atoms with van der Waals surface area (Å²) in [5, 5.41) is 16.3. The highest BCUT2D eigenvalue weighted by Gasteiger charge is 2.19. The molecule has 8 aromatic carbocycles. The van der Waals surface area contributed by atoms with Gasteiger partial charge >= 0.3 is 0 Å². The van der Waals surface area contributed by atoms with Gasteiger partial charge in [-0.1, -0.05) is 96.6 Å². The number of rotatable bonds is 1. The van der Waals surface area contributed by atoms with Crippen molar-refractivity contribution in [1.82, 2.24) is 0 Å². The lowest BCUT2D eigenvalue weighted by molar-refractivity contribution is 1.47. The Bertz CT molecular complexity index is 2000. The Morgan fingerprint density at radius 1 is 0.394 bits per heavy atom. The normalized spacial score (nSPS) is 12.4. The van der Waals surface area contributed by atoms with Gasteiger partial charge in [0.05, 0.1) is 0 Å². The third kappa shape index (κ3) is 2.16. The number of hydrogen-bond donors (Lipinski definition) is 0. The van der Waals surface area contributed by atoms with Gasteiger partial charge in [0, 0.05) is 0 Å². The van der Waals surface area contributed by atoms with Crippen molar-refractivity contribution in [3.63, 3.8) is 0 Å². The smallest absolute Gasteiger partial charge is 0.00141 e. The molecule has 0 aliphatic heterocycles. The first-order chi connectivity index (χ1) is 16.3. The maximum Gasteiger partial charge on any atom is -0.00141 e. The molecule has 0 aromatic heterocycles. The van der Waals surface area contributed by atoms with E-state index in [2.05, 4.69) is 110 Å². The van der Waals surface area contributed by atoms with Crippen LogP contribution in [0, 0.1) is 6.92 Å². The van der Waals surface area contributed by atoms with Crippen LogP contribution in [0.1, 0.15) is 5.56 Å². The molecule has 8 rings (SSSR count). The zero-order chi connectivity index (χ0) is 21.7. The van der Waals surface area contributed by atoms with Crippen molar-refractivity contribution in [3.8, 4) is 11.1 Å². The van der Waals surface area contributed by atoms with E-state index in [-0.39, 0.29) is 0 Å². The van der Waals surface area contributed by atoms with Gasteiger partial charge in [-0.25, -0.2) is 0 Å². The summed E-state index contributed by atoms with van der Waals surface area (Å²) in [6.07, 6.45) is 0. The fourth-order valence-electron chi connectivity index (χ4n) is 6.12. The molecule has 0 nitrogen and oxygen atoms in total. The molecule has 8 aromatic rings. The first-order valence-electron chi connectivity index (χ1n) is 11.6. The van der Waals surface area contributed by atoms with Gasteiger partial charge in [0.2, 0.25) is 0 Å². The molecule has 0 saturated heterocycles. The van der Waals surface area contributed by atoms with Crippen LogP contribution in [0.25, 0.3) is 75.8 Å². The third-order valence-electron chi connectivity index (χ3n) is 7.61. The van der Waals surface area contributed by atoms with Crippen LogP contribution in [0.3, 0.4) is 0 Å². The number of fused-ring (bicyclic) bond motifs is 6. The van der Waals surface area contributed by atoms with Crippen LogP contribution < -0.4 is 0 Å². The lowest BCUT2D eigenvalue weighted by atomic mass is 9.96. The van der Waals surface area contributed by atoms with Gasteiger partial charge in [-0.15, -0.1) is 0 Å². The maximum absolute atomic E-state index is 2.46. The average molecular weight is 417 g/mol. The minimum absolute atomic E-state index is 1.28. The van der Waals surface area contributed by atoms with E-state index < -0.39 is 0 Å². The quantitative estimate of drug-likeness (QED) is 0.250. The van der Waals surface area contributed by atoms with E-state index in [4.69, 9.17) is 0 Å². The van der Waals surface area contributed by atoms with Gasteiger partial charge in [0.25, 0.3) is 0 Å². The number of benzene rings is 6. The van der Waals surface area contributed by atoms with Crippen LogP contribution in [0.15, 0.2) is 103 Å². The molecule has 0 unspecified atom stereocenters. The van der Waals surface area contributed by atoms with E-state index >= 15 is 0 Å². The van der Waals surface area contributed by atoms with Crippen LogP contribution >= 0.6 is 0 Å². The van der Waals surface area contributed by atoms with E-state index in [0.717, 1.165) is 0 Å². The summed E-state index contributed by atoms with van der Waals surface area (Å²) in [7, 11) is 0. The molecule has 0 fully saturated rings. The molecular formula is C33H20. The Morgan fingerprint density at radius 2 is 0.939 bits per heavy atom. The predicted octanol–water partition coefficient (Wildman–Crippen LogP) is 9.46. The third-order valence-corrected chi connectivity index (χ3v) is 7.61. The molecule has 0 bridgehead atoms. The fourth-order valence-corrected chi connectivity index (χ4v) is 6.12. The van der Waals surface area contributed by atoms with Crippen molar-refractivity contribution < 1.29 is 0 Å². The molecule has 0 heterocycles. The topological polar surface area (TPSA) is 0 Å². The minimum atomic E-state index is 1.28. The first-order valence-corrected chi connectivity index (χ1v) is 11.6. The summed E-state index contributed by atoms with van der Waals surface area (Å²) in [5.41, 5.74) is 3.90. The van der Waals surface area contributed by atoms with Crippen LogP contribution in [-0.2, 0) is 0 Å². The molecule has 0 saturated carbocycles. The highest BCUT2D eigenvalue weighted by molar-refractivity contribution is 6.38. The molecule has 0 N–H and O–H groups in total. The average Bonchev–Trinajstić information content (AvgIpc) is 3.35. The van der Waals surface area contributed by atoms with Crippen molar-refractivity contribution in [2.24, 2.45) is 0 Å². The zero-order valence-electron chi connectivity index (χ0n) is 18.3. The molecule has 0 spiro atoms. The van der Waals surface area contributed by atoms with Gasteiger partial charge in [0.15, 0.2) is 0 Å². The largest absolute Gasteiger partial charge is 0.0610 e. The Balaban J connectivity index is 1.63. The fraction of sp³-hybridized carbons (Fsp3) is 0.0303. The molecule has 0 atom stereocenters. The van der Waals surface area contributed by atoms with Crippen molar-refractivity contribution >= 4 is 64.6 Å². The molecule has 0 heteroatoms. The highest BCUT2D eigenvalue weighted by atomic mass is 14.2. The summed E-state index contributed by atoms with van der Waals surface area (Å²) in [5.74, 6) is 0. The van der Waals surface area contributed by atoms with E-state index in [0.29, 0.717) is 0 Å². The van der Waals surface area contributed by atoms with Crippen molar-refractivity contribution in [3.05, 3.63) is 109 Å². The lowest BCUT2D eigenvalue weighted by Crippen LogP contribution is -1.81. The second-order valence-electron chi connectivity index (χ2n) is 9.41. The molecule has 0 amide bonds. The van der Waals surface area contributed by atoms with Crippen LogP contribution in [0.2, 0.25) is 0 Å². The summed E-state index contributed by atoms with van der Waals surface area (Å²) < 4.78 is 0. The van der Waals surface area contributed by atoms with E-state index in [9.17, 15) is 0 Å². The highest BCUT2D eigenvalue weighted by Crippen LogP contribution is 2.47. The van der Waals surface area contributed by atoms with Crippen LogP contribution in [0.5, 0.6) is 0 Å². The maximum atomic E-state index is 2.46. The lowest BCUT2D eigenvalue weighted by Gasteiger charge is -2.08. The second-order valence-corrected chi connectivity index (χ2v) is 9.41. The molecule has 0 aliphatic rings. The van der Waals surface area contributed by atoms with Gasteiger partial charge < -0.3 is 0 Å². The summed E-state index contributed by atoms with van der Waals surface area (Å²) in [6.45, 7) is 2.15. The molecule has 152 valence electrons. The van der Waals surface area contributed by atoms with Crippen LogP contribution in [0.4, 0.5) is 0 Å². The van der Waals surface area contributed by atoms with Gasteiger partial charge in [0.1, 0.15) is 0 Å². The molecule has 0 radical (unpaired) electrons. The van der Waals surface area contributed by atoms with E-state index in [1.165, 1.54) is 81.3 Å². The van der Waals surface area contributed by atoms with E-state index in [1.807, 2.05) is 0 Å². The van der Waals surface area contributed by atoms with Crippen LogP contribution in [-0.4, -0.2) is 0 Å². The van der Waals surface area contributed by atoms with Gasteiger partial charge in [-0.3, -0.25) is 0 Å². The Morgan fingerprint density at radius 3 is 1.61 bits per heavy atom. The Labute approximate surface area is 191 Å².